The average molecular weight is 397 g/mol. The van der Waals surface area contributed by atoms with Crippen molar-refractivity contribution in [2.24, 2.45) is 5.10 Å². The van der Waals surface area contributed by atoms with Gasteiger partial charge < -0.3 is 4.90 Å². The SMILES string of the molecule is CCCN1c2cc(F)c(/C=N\Nc3ccc([N+](=O)[O-])cn3)cc2C(C)=CC1(C)C. The number of pyridine rings is 1. The van der Waals surface area contributed by atoms with Gasteiger partial charge in [0.15, 0.2) is 0 Å². The lowest BCUT2D eigenvalue weighted by Crippen LogP contribution is -2.45. The van der Waals surface area contributed by atoms with Gasteiger partial charge in [-0.05, 0) is 51.0 Å². The maximum absolute atomic E-state index is 14.8. The molecule has 2 aromatic rings. The zero-order valence-electron chi connectivity index (χ0n) is 16.9. The molecular formula is C21H24FN5O2. The average Bonchev–Trinajstić information content (AvgIpc) is 2.66. The molecule has 1 aromatic carbocycles. The fraction of sp³-hybridized carbons (Fsp3) is 0.333. The fourth-order valence-corrected chi connectivity index (χ4v) is 3.57. The van der Waals surface area contributed by atoms with Crippen molar-refractivity contribution in [3.8, 4) is 0 Å². The molecule has 0 bridgehead atoms. The number of rotatable bonds is 6. The van der Waals surface area contributed by atoms with Crippen LogP contribution in [0.25, 0.3) is 5.57 Å². The van der Waals surface area contributed by atoms with Gasteiger partial charge in [0, 0.05) is 29.4 Å². The molecule has 0 fully saturated rings. The predicted octanol–water partition coefficient (Wildman–Crippen LogP) is 4.99. The quantitative estimate of drug-likeness (QED) is 0.422. The van der Waals surface area contributed by atoms with Crippen molar-refractivity contribution in [2.45, 2.75) is 39.7 Å². The first-order chi connectivity index (χ1) is 13.7. The van der Waals surface area contributed by atoms with Crippen molar-refractivity contribution in [3.05, 3.63) is 63.6 Å². The monoisotopic (exact) mass is 397 g/mol. The van der Waals surface area contributed by atoms with Gasteiger partial charge in [-0.2, -0.15) is 5.10 Å². The Morgan fingerprint density at radius 3 is 2.76 bits per heavy atom. The molecule has 0 unspecified atom stereocenters. The van der Waals surface area contributed by atoms with E-state index in [4.69, 9.17) is 0 Å². The van der Waals surface area contributed by atoms with Gasteiger partial charge in [-0.15, -0.1) is 0 Å². The number of hydrogen-bond donors (Lipinski definition) is 1. The molecule has 3 rings (SSSR count). The number of hydrogen-bond acceptors (Lipinski definition) is 6. The number of fused-ring (bicyclic) bond motifs is 1. The topological polar surface area (TPSA) is 83.7 Å². The highest BCUT2D eigenvalue weighted by Gasteiger charge is 2.31. The summed E-state index contributed by atoms with van der Waals surface area (Å²) in [5.41, 5.74) is 5.68. The number of nitrogens with one attached hydrogen (secondary N) is 1. The zero-order chi connectivity index (χ0) is 21.2. The summed E-state index contributed by atoms with van der Waals surface area (Å²) >= 11 is 0. The van der Waals surface area contributed by atoms with E-state index in [-0.39, 0.29) is 17.0 Å². The van der Waals surface area contributed by atoms with Gasteiger partial charge in [0.2, 0.25) is 0 Å². The van der Waals surface area contributed by atoms with Crippen LogP contribution in [0.15, 0.2) is 41.6 Å². The van der Waals surface area contributed by atoms with E-state index < -0.39 is 4.92 Å². The van der Waals surface area contributed by atoms with Crippen LogP contribution in [0.3, 0.4) is 0 Å². The Hall–Kier alpha value is -3.29. The Kier molecular flexibility index (Phi) is 5.63. The number of aromatic nitrogens is 1. The Morgan fingerprint density at radius 2 is 2.14 bits per heavy atom. The molecule has 1 aromatic heterocycles. The van der Waals surface area contributed by atoms with Crippen LogP contribution in [0.2, 0.25) is 0 Å². The number of anilines is 2. The lowest BCUT2D eigenvalue weighted by molar-refractivity contribution is -0.385. The molecule has 1 aliphatic heterocycles. The molecule has 2 heterocycles. The Labute approximate surface area is 169 Å². The summed E-state index contributed by atoms with van der Waals surface area (Å²) in [5, 5.41) is 14.7. The smallest absolute Gasteiger partial charge is 0.287 e. The van der Waals surface area contributed by atoms with Gasteiger partial charge in [-0.3, -0.25) is 15.5 Å². The van der Waals surface area contributed by atoms with Gasteiger partial charge in [0.25, 0.3) is 5.69 Å². The molecule has 1 aliphatic rings. The molecule has 0 amide bonds. The molecule has 152 valence electrons. The highest BCUT2D eigenvalue weighted by atomic mass is 19.1. The van der Waals surface area contributed by atoms with E-state index >= 15 is 0 Å². The van der Waals surface area contributed by atoms with E-state index in [1.807, 2.05) is 6.92 Å². The van der Waals surface area contributed by atoms with Gasteiger partial charge >= 0.3 is 0 Å². The van der Waals surface area contributed by atoms with Crippen LogP contribution in [0.1, 0.15) is 45.2 Å². The predicted molar refractivity (Wildman–Crippen MR) is 114 cm³/mol. The maximum Gasteiger partial charge on any atom is 0.287 e. The standard InChI is InChI=1S/C21H24FN5O2/c1-5-8-26-19-10-18(22)15(9-17(19)14(2)11-21(26,3)4)12-24-25-20-7-6-16(13-23-20)27(28)29/h6-7,9-13H,5,8H2,1-4H3,(H,23,25)/b24-12-. The second-order valence-corrected chi connectivity index (χ2v) is 7.55. The van der Waals surface area contributed by atoms with Crippen molar-refractivity contribution >= 4 is 29.0 Å². The summed E-state index contributed by atoms with van der Waals surface area (Å²) in [7, 11) is 0. The Balaban J connectivity index is 1.85. The van der Waals surface area contributed by atoms with Crippen LogP contribution in [0.4, 0.5) is 21.6 Å². The first kappa shape index (κ1) is 20.4. The lowest BCUT2D eigenvalue weighted by Gasteiger charge is -2.43. The third-order valence-corrected chi connectivity index (χ3v) is 4.88. The molecule has 0 saturated heterocycles. The molecule has 0 spiro atoms. The first-order valence-corrected chi connectivity index (χ1v) is 9.43. The van der Waals surface area contributed by atoms with Gasteiger partial charge in [-0.25, -0.2) is 9.37 Å². The molecule has 0 atom stereocenters. The molecule has 29 heavy (non-hydrogen) atoms. The molecule has 0 aliphatic carbocycles. The molecule has 0 radical (unpaired) electrons. The van der Waals surface area contributed by atoms with Crippen LogP contribution < -0.4 is 10.3 Å². The van der Waals surface area contributed by atoms with Crippen LogP contribution in [0, 0.1) is 15.9 Å². The summed E-state index contributed by atoms with van der Waals surface area (Å²) in [6.07, 6.45) is 5.68. The van der Waals surface area contributed by atoms with Crippen molar-refractivity contribution < 1.29 is 9.31 Å². The molecular weight excluding hydrogens is 373 g/mol. The Bertz CT molecular complexity index is 983. The first-order valence-electron chi connectivity index (χ1n) is 9.43. The number of hydrazone groups is 1. The molecule has 0 saturated carbocycles. The Morgan fingerprint density at radius 1 is 1.38 bits per heavy atom. The number of nitrogens with zero attached hydrogens (tertiary/aromatic N) is 4. The normalized spacial score (nSPS) is 15.2. The van der Waals surface area contributed by atoms with Crippen molar-refractivity contribution in [1.29, 1.82) is 0 Å². The van der Waals surface area contributed by atoms with E-state index in [2.05, 4.69) is 47.3 Å². The fourth-order valence-electron chi connectivity index (χ4n) is 3.57. The molecule has 1 N–H and O–H groups in total. The maximum atomic E-state index is 14.8. The largest absolute Gasteiger partial charge is 0.362 e. The summed E-state index contributed by atoms with van der Waals surface area (Å²) in [5.74, 6) is -0.0327. The van der Waals surface area contributed by atoms with Crippen molar-refractivity contribution in [2.75, 3.05) is 16.9 Å². The van der Waals surface area contributed by atoms with E-state index in [0.29, 0.717) is 11.4 Å². The third-order valence-electron chi connectivity index (χ3n) is 4.88. The molecule has 7 nitrogen and oxygen atoms in total. The minimum Gasteiger partial charge on any atom is -0.362 e. The summed E-state index contributed by atoms with van der Waals surface area (Å²) in [4.78, 5) is 16.3. The van der Waals surface area contributed by atoms with E-state index in [0.717, 1.165) is 36.0 Å². The van der Waals surface area contributed by atoms with Gasteiger partial charge in [0.1, 0.15) is 17.8 Å². The van der Waals surface area contributed by atoms with Crippen molar-refractivity contribution in [1.82, 2.24) is 4.98 Å². The summed E-state index contributed by atoms with van der Waals surface area (Å²) < 4.78 is 14.8. The van der Waals surface area contributed by atoms with Crippen LogP contribution in [-0.2, 0) is 0 Å². The van der Waals surface area contributed by atoms with Gasteiger partial charge in [0.05, 0.1) is 16.7 Å². The second kappa shape index (κ2) is 7.98. The lowest BCUT2D eigenvalue weighted by atomic mass is 9.88. The van der Waals surface area contributed by atoms with Gasteiger partial charge in [-0.1, -0.05) is 13.0 Å². The molecule has 8 heteroatoms. The van der Waals surface area contributed by atoms with E-state index in [1.54, 1.807) is 12.1 Å². The highest BCUT2D eigenvalue weighted by molar-refractivity contribution is 5.88. The number of nitro groups is 1. The van der Waals surface area contributed by atoms with Crippen molar-refractivity contribution in [3.63, 3.8) is 0 Å². The highest BCUT2D eigenvalue weighted by Crippen LogP contribution is 2.40. The number of benzene rings is 1. The zero-order valence-corrected chi connectivity index (χ0v) is 16.9. The summed E-state index contributed by atoms with van der Waals surface area (Å²) in [6, 6.07) is 6.12. The van der Waals surface area contributed by atoms with Crippen LogP contribution in [-0.4, -0.2) is 28.2 Å². The minimum atomic E-state index is -0.526. The number of allylic oxidation sites excluding steroid dienone is 1. The van der Waals surface area contributed by atoms with Crippen LogP contribution >= 0.6 is 0 Å². The third kappa shape index (κ3) is 4.26. The van der Waals surface area contributed by atoms with E-state index in [1.165, 1.54) is 18.3 Å². The summed E-state index contributed by atoms with van der Waals surface area (Å²) in [6.45, 7) is 9.23. The van der Waals surface area contributed by atoms with E-state index in [9.17, 15) is 14.5 Å². The number of halogens is 1. The minimum absolute atomic E-state index is 0.109. The second-order valence-electron chi connectivity index (χ2n) is 7.55. The van der Waals surface area contributed by atoms with Crippen LogP contribution in [0.5, 0.6) is 0 Å².